The summed E-state index contributed by atoms with van der Waals surface area (Å²) in [5.74, 6) is 0. The van der Waals surface area contributed by atoms with Gasteiger partial charge >= 0.3 is 0 Å². The van der Waals surface area contributed by atoms with Crippen molar-refractivity contribution < 1.29 is 4.74 Å². The Morgan fingerprint density at radius 2 is 1.85 bits per heavy atom. The molecule has 0 aliphatic carbocycles. The Hall–Kier alpha value is -0.930. The van der Waals surface area contributed by atoms with Crippen LogP contribution in [0, 0.1) is 0 Å². The number of rotatable bonds is 10. The molecule has 114 valence electrons. The Morgan fingerprint density at radius 1 is 1.15 bits per heavy atom. The Balaban J connectivity index is 2.53. The molecule has 20 heavy (non-hydrogen) atoms. The average Bonchev–Trinajstić information content (AvgIpc) is 2.49. The van der Waals surface area contributed by atoms with Gasteiger partial charge in [-0.15, -0.1) is 0 Å². The van der Waals surface area contributed by atoms with Gasteiger partial charge in [0.2, 0.25) is 0 Å². The highest BCUT2D eigenvalue weighted by molar-refractivity contribution is 5.15. The van der Waals surface area contributed by atoms with E-state index in [1.807, 2.05) is 12.1 Å². The van der Waals surface area contributed by atoms with E-state index in [1.165, 1.54) is 25.7 Å². The van der Waals surface area contributed by atoms with Gasteiger partial charge in [0.15, 0.2) is 0 Å². The van der Waals surface area contributed by atoms with Crippen LogP contribution in [0.1, 0.15) is 71.0 Å². The van der Waals surface area contributed by atoms with Gasteiger partial charge in [-0.25, -0.2) is 0 Å². The highest BCUT2D eigenvalue weighted by Crippen LogP contribution is 2.24. The molecule has 3 heteroatoms. The molecule has 0 radical (unpaired) electrons. The Kier molecular flexibility index (Phi) is 8.47. The average molecular weight is 278 g/mol. The molecule has 3 unspecified atom stereocenters. The zero-order chi connectivity index (χ0) is 14.8. The van der Waals surface area contributed by atoms with Crippen molar-refractivity contribution >= 4 is 0 Å². The summed E-state index contributed by atoms with van der Waals surface area (Å²) < 4.78 is 6.22. The zero-order valence-corrected chi connectivity index (χ0v) is 13.2. The maximum Gasteiger partial charge on any atom is 0.0980 e. The van der Waals surface area contributed by atoms with E-state index in [0.29, 0.717) is 0 Å². The number of hydrogen-bond acceptors (Lipinski definition) is 3. The first-order valence-corrected chi connectivity index (χ1v) is 8.00. The van der Waals surface area contributed by atoms with Crippen LogP contribution in [0.5, 0.6) is 0 Å². The van der Waals surface area contributed by atoms with Crippen LogP contribution in [0.25, 0.3) is 0 Å². The molecule has 1 heterocycles. The van der Waals surface area contributed by atoms with E-state index < -0.39 is 0 Å². The van der Waals surface area contributed by atoms with Gasteiger partial charge in [-0.2, -0.15) is 0 Å². The first kappa shape index (κ1) is 17.1. The normalized spacial score (nSPS) is 15.8. The summed E-state index contributed by atoms with van der Waals surface area (Å²) in [6.45, 7) is 6.50. The van der Waals surface area contributed by atoms with Gasteiger partial charge in [0.05, 0.1) is 12.2 Å². The molecule has 3 nitrogen and oxygen atoms in total. The minimum Gasteiger partial charge on any atom is -0.369 e. The smallest absolute Gasteiger partial charge is 0.0980 e. The van der Waals surface area contributed by atoms with E-state index >= 15 is 0 Å². The number of pyridine rings is 1. The lowest BCUT2D eigenvalue weighted by atomic mass is 10.0. The number of unbranched alkanes of at least 4 members (excludes halogenated alkanes) is 3. The molecule has 0 saturated carbocycles. The van der Waals surface area contributed by atoms with Crippen molar-refractivity contribution in [3.8, 4) is 0 Å². The van der Waals surface area contributed by atoms with E-state index in [1.54, 1.807) is 12.4 Å². The third kappa shape index (κ3) is 6.02. The van der Waals surface area contributed by atoms with Crippen LogP contribution in [0.15, 0.2) is 24.5 Å². The second-order valence-electron chi connectivity index (χ2n) is 5.57. The zero-order valence-electron chi connectivity index (χ0n) is 13.2. The molecule has 0 fully saturated rings. The van der Waals surface area contributed by atoms with Crippen molar-refractivity contribution in [1.29, 1.82) is 0 Å². The van der Waals surface area contributed by atoms with Crippen LogP contribution in [0.3, 0.4) is 0 Å². The molecule has 1 aromatic heterocycles. The molecule has 0 saturated heterocycles. The summed E-state index contributed by atoms with van der Waals surface area (Å²) in [6, 6.07) is 4.05. The predicted octanol–water partition coefficient (Wildman–Crippen LogP) is 4.24. The molecular formula is C17H30N2O. The third-order valence-corrected chi connectivity index (χ3v) is 3.74. The summed E-state index contributed by atoms with van der Waals surface area (Å²) >= 11 is 0. The number of nitrogens with zero attached hydrogens (tertiary/aromatic N) is 1. The minimum absolute atomic E-state index is 0.0239. The lowest BCUT2D eigenvalue weighted by molar-refractivity contribution is -0.0230. The first-order chi connectivity index (χ1) is 9.69. The van der Waals surface area contributed by atoms with Crippen molar-refractivity contribution in [3.63, 3.8) is 0 Å². The maximum absolute atomic E-state index is 6.23. The van der Waals surface area contributed by atoms with Crippen molar-refractivity contribution in [3.05, 3.63) is 30.1 Å². The monoisotopic (exact) mass is 278 g/mol. The van der Waals surface area contributed by atoms with Gasteiger partial charge in [0, 0.05) is 18.4 Å². The molecule has 3 atom stereocenters. The van der Waals surface area contributed by atoms with Crippen LogP contribution in [0.2, 0.25) is 0 Å². The third-order valence-electron chi connectivity index (χ3n) is 3.74. The van der Waals surface area contributed by atoms with Gasteiger partial charge in [-0.05, 0) is 37.5 Å². The highest BCUT2D eigenvalue weighted by atomic mass is 16.5. The van der Waals surface area contributed by atoms with E-state index in [9.17, 15) is 0 Å². The summed E-state index contributed by atoms with van der Waals surface area (Å²) in [4.78, 5) is 4.07. The van der Waals surface area contributed by atoms with Gasteiger partial charge in [0.25, 0.3) is 0 Å². The molecule has 0 spiro atoms. The van der Waals surface area contributed by atoms with Gasteiger partial charge in [-0.3, -0.25) is 4.98 Å². The van der Waals surface area contributed by atoms with Gasteiger partial charge in [-0.1, -0.05) is 39.5 Å². The fraction of sp³-hybridized carbons (Fsp3) is 0.706. The quantitative estimate of drug-likeness (QED) is 0.651. The number of hydrogen-bond donors (Lipinski definition) is 1. The predicted molar refractivity (Wildman–Crippen MR) is 84.6 cm³/mol. The van der Waals surface area contributed by atoms with Crippen LogP contribution in [-0.2, 0) is 4.74 Å². The van der Waals surface area contributed by atoms with E-state index in [2.05, 4.69) is 25.8 Å². The first-order valence-electron chi connectivity index (χ1n) is 8.00. The van der Waals surface area contributed by atoms with Crippen molar-refractivity contribution in [1.82, 2.24) is 4.98 Å². The second-order valence-corrected chi connectivity index (χ2v) is 5.57. The number of ether oxygens (including phenoxy) is 1. The topological polar surface area (TPSA) is 48.1 Å². The van der Waals surface area contributed by atoms with E-state index in [4.69, 9.17) is 10.5 Å². The van der Waals surface area contributed by atoms with E-state index in [-0.39, 0.29) is 18.2 Å². The molecule has 1 rings (SSSR count). The Labute approximate surface area is 123 Å². The highest BCUT2D eigenvalue weighted by Gasteiger charge is 2.21. The van der Waals surface area contributed by atoms with E-state index in [0.717, 1.165) is 18.4 Å². The largest absolute Gasteiger partial charge is 0.369 e. The lowest BCUT2D eigenvalue weighted by Gasteiger charge is -2.27. The maximum atomic E-state index is 6.23. The summed E-state index contributed by atoms with van der Waals surface area (Å²) in [6.07, 6.45) is 11.0. The Bertz CT molecular complexity index is 342. The second kappa shape index (κ2) is 9.89. The molecule has 2 N–H and O–H groups in total. The Morgan fingerprint density at radius 3 is 2.45 bits per heavy atom. The van der Waals surface area contributed by atoms with Gasteiger partial charge < -0.3 is 10.5 Å². The summed E-state index contributed by atoms with van der Waals surface area (Å²) in [5, 5.41) is 0. The fourth-order valence-electron chi connectivity index (χ4n) is 2.37. The molecule has 1 aromatic rings. The number of aromatic nitrogens is 1. The van der Waals surface area contributed by atoms with Gasteiger partial charge in [0.1, 0.15) is 0 Å². The van der Waals surface area contributed by atoms with Crippen LogP contribution in [-0.4, -0.2) is 17.1 Å². The minimum atomic E-state index is -0.0239. The molecule has 0 aliphatic rings. The molecule has 0 bridgehead atoms. The van der Waals surface area contributed by atoms with Crippen LogP contribution in [0.4, 0.5) is 0 Å². The summed E-state index contributed by atoms with van der Waals surface area (Å²) in [5.41, 5.74) is 7.36. The SMILES string of the molecule is CCCCCCC(C)OC(c1ccncc1)C(N)CC. The molecule has 0 amide bonds. The van der Waals surface area contributed by atoms with Crippen molar-refractivity contribution in [2.24, 2.45) is 5.73 Å². The fourth-order valence-corrected chi connectivity index (χ4v) is 2.37. The molecule has 0 aliphatic heterocycles. The van der Waals surface area contributed by atoms with Crippen molar-refractivity contribution in [2.45, 2.75) is 77.5 Å². The van der Waals surface area contributed by atoms with Crippen LogP contribution < -0.4 is 5.73 Å². The van der Waals surface area contributed by atoms with Crippen LogP contribution >= 0.6 is 0 Å². The van der Waals surface area contributed by atoms with Crippen molar-refractivity contribution in [2.75, 3.05) is 0 Å². The molecule has 0 aromatic carbocycles. The lowest BCUT2D eigenvalue weighted by Crippen LogP contribution is -2.31. The molecular weight excluding hydrogens is 248 g/mol. The summed E-state index contributed by atoms with van der Waals surface area (Å²) in [7, 11) is 0. The standard InChI is InChI=1S/C17H30N2O/c1-4-6-7-8-9-14(3)20-17(16(18)5-2)15-10-12-19-13-11-15/h10-14,16-17H,4-9,18H2,1-3H3. The number of nitrogens with two attached hydrogens (primary N) is 1.